The molecule has 0 saturated heterocycles. The number of ether oxygens (including phenoxy) is 1. The van der Waals surface area contributed by atoms with Crippen molar-refractivity contribution < 1.29 is 17.9 Å². The molecule has 1 aliphatic rings. The summed E-state index contributed by atoms with van der Waals surface area (Å²) in [6, 6.07) is 0. The lowest BCUT2D eigenvalue weighted by Crippen LogP contribution is -2.13. The minimum absolute atomic E-state index is 0.0440. The Bertz CT molecular complexity index is 271. The monoisotopic (exact) mass is 190 g/mol. The van der Waals surface area contributed by atoms with E-state index in [4.69, 9.17) is 0 Å². The van der Waals surface area contributed by atoms with E-state index in [1.807, 2.05) is 0 Å². The highest BCUT2D eigenvalue weighted by Gasteiger charge is 2.32. The maximum absolute atomic E-state index is 11.8. The molecule has 4 heteroatoms. The molecule has 0 aromatic rings. The molecule has 0 aliphatic heterocycles. The third-order valence-electron chi connectivity index (χ3n) is 1.58. The third-order valence-corrected chi connectivity index (χ3v) is 1.58. The molecule has 1 rings (SSSR count). The second-order valence-corrected chi connectivity index (χ2v) is 2.65. The summed E-state index contributed by atoms with van der Waals surface area (Å²) in [4.78, 5) is 0. The van der Waals surface area contributed by atoms with Crippen LogP contribution in [0.15, 0.2) is 35.6 Å². The van der Waals surface area contributed by atoms with Crippen molar-refractivity contribution >= 4 is 0 Å². The van der Waals surface area contributed by atoms with Crippen molar-refractivity contribution in [2.24, 2.45) is 0 Å². The Morgan fingerprint density at radius 1 is 1.31 bits per heavy atom. The molecule has 72 valence electrons. The second kappa shape index (κ2) is 3.68. The SMILES string of the molecule is CC1=C(OC(F)(F)F)CC=CC=C1. The summed E-state index contributed by atoms with van der Waals surface area (Å²) in [6.07, 6.45) is 2.16. The predicted octanol–water partition coefficient (Wildman–Crippen LogP) is 3.31. The van der Waals surface area contributed by atoms with Gasteiger partial charge in [-0.15, -0.1) is 13.2 Å². The Hall–Kier alpha value is -1.19. The van der Waals surface area contributed by atoms with Crippen molar-refractivity contribution in [2.75, 3.05) is 0 Å². The number of rotatable bonds is 1. The van der Waals surface area contributed by atoms with Crippen LogP contribution in [0.25, 0.3) is 0 Å². The highest BCUT2D eigenvalue weighted by Crippen LogP contribution is 2.26. The van der Waals surface area contributed by atoms with Gasteiger partial charge in [-0.2, -0.15) is 0 Å². The molecule has 1 nitrogen and oxygen atoms in total. The summed E-state index contributed by atoms with van der Waals surface area (Å²) < 4.78 is 39.4. The molecular weight excluding hydrogens is 181 g/mol. The fraction of sp³-hybridized carbons (Fsp3) is 0.333. The summed E-state index contributed by atoms with van der Waals surface area (Å²) in [5.74, 6) is -0.0440. The summed E-state index contributed by atoms with van der Waals surface area (Å²) in [5.41, 5.74) is 0.502. The first-order chi connectivity index (χ1) is 5.99. The Balaban J connectivity index is 2.78. The van der Waals surface area contributed by atoms with Gasteiger partial charge in [-0.25, -0.2) is 0 Å². The lowest BCUT2D eigenvalue weighted by molar-refractivity contribution is -0.306. The number of allylic oxidation sites excluding steroid dienone is 5. The Labute approximate surface area is 74.2 Å². The highest BCUT2D eigenvalue weighted by atomic mass is 19.4. The topological polar surface area (TPSA) is 9.23 Å². The van der Waals surface area contributed by atoms with Gasteiger partial charge in [-0.05, 0) is 12.5 Å². The van der Waals surface area contributed by atoms with Crippen molar-refractivity contribution in [3.05, 3.63) is 35.6 Å². The van der Waals surface area contributed by atoms with Gasteiger partial charge < -0.3 is 4.74 Å². The lowest BCUT2D eigenvalue weighted by Gasteiger charge is -2.12. The van der Waals surface area contributed by atoms with E-state index in [0.717, 1.165) is 0 Å². The van der Waals surface area contributed by atoms with Crippen molar-refractivity contribution in [2.45, 2.75) is 19.7 Å². The van der Waals surface area contributed by atoms with E-state index in [-0.39, 0.29) is 12.2 Å². The molecular formula is C9H9F3O. The van der Waals surface area contributed by atoms with Crippen LogP contribution in [0.4, 0.5) is 13.2 Å². The molecule has 0 atom stereocenters. The fourth-order valence-corrected chi connectivity index (χ4v) is 0.969. The number of hydrogen-bond acceptors (Lipinski definition) is 1. The highest BCUT2D eigenvalue weighted by molar-refractivity contribution is 5.28. The standard InChI is InChI=1S/C9H9F3O/c1-7-5-3-2-4-6-8(7)13-9(10,11)12/h2-5H,6H2,1H3. The molecule has 1 aliphatic carbocycles. The van der Waals surface area contributed by atoms with Crippen LogP contribution in [0.1, 0.15) is 13.3 Å². The third kappa shape index (κ3) is 3.36. The Morgan fingerprint density at radius 2 is 2.00 bits per heavy atom. The Kier molecular flexibility index (Phi) is 2.80. The van der Waals surface area contributed by atoms with Crippen molar-refractivity contribution in [1.29, 1.82) is 0 Å². The zero-order valence-corrected chi connectivity index (χ0v) is 7.06. The molecule has 0 radical (unpaired) electrons. The minimum Gasteiger partial charge on any atom is -0.410 e. The second-order valence-electron chi connectivity index (χ2n) is 2.65. The molecule has 0 unspecified atom stereocenters. The van der Waals surface area contributed by atoms with E-state index in [9.17, 15) is 13.2 Å². The van der Waals surface area contributed by atoms with Gasteiger partial charge >= 0.3 is 6.36 Å². The van der Waals surface area contributed by atoms with Gasteiger partial charge in [0.05, 0.1) is 0 Å². The van der Waals surface area contributed by atoms with Crippen LogP contribution < -0.4 is 0 Å². The fourth-order valence-electron chi connectivity index (χ4n) is 0.969. The first-order valence-corrected chi connectivity index (χ1v) is 3.78. The van der Waals surface area contributed by atoms with Crippen molar-refractivity contribution in [3.63, 3.8) is 0 Å². The van der Waals surface area contributed by atoms with Crippen LogP contribution in [0, 0.1) is 0 Å². The first kappa shape index (κ1) is 9.89. The van der Waals surface area contributed by atoms with Gasteiger partial charge in [0.1, 0.15) is 5.76 Å². The molecule has 0 fully saturated rings. The summed E-state index contributed by atoms with van der Waals surface area (Å²) in [5, 5.41) is 0. The molecule has 0 amide bonds. The zero-order chi connectivity index (χ0) is 9.90. The van der Waals surface area contributed by atoms with Crippen LogP contribution in [0.3, 0.4) is 0 Å². The van der Waals surface area contributed by atoms with Gasteiger partial charge in [0, 0.05) is 6.42 Å². The molecule has 0 bridgehead atoms. The van der Waals surface area contributed by atoms with Crippen LogP contribution >= 0.6 is 0 Å². The van der Waals surface area contributed by atoms with Gasteiger partial charge in [0.15, 0.2) is 0 Å². The maximum atomic E-state index is 11.8. The normalized spacial score (nSPS) is 17.5. The Morgan fingerprint density at radius 3 is 2.62 bits per heavy atom. The number of halogens is 3. The number of hydrogen-bond donors (Lipinski definition) is 0. The van der Waals surface area contributed by atoms with Gasteiger partial charge in [-0.1, -0.05) is 24.3 Å². The average Bonchev–Trinajstić information content (AvgIpc) is 2.14. The number of alkyl halides is 3. The molecule has 0 aromatic heterocycles. The van der Waals surface area contributed by atoms with Gasteiger partial charge in [-0.3, -0.25) is 0 Å². The van der Waals surface area contributed by atoms with E-state index >= 15 is 0 Å². The quantitative estimate of drug-likeness (QED) is 0.616. The van der Waals surface area contributed by atoms with Crippen LogP contribution in [0.2, 0.25) is 0 Å². The molecule has 13 heavy (non-hydrogen) atoms. The zero-order valence-electron chi connectivity index (χ0n) is 7.06. The molecule has 0 heterocycles. The van der Waals surface area contributed by atoms with E-state index in [1.165, 1.54) is 0 Å². The van der Waals surface area contributed by atoms with Crippen LogP contribution in [0.5, 0.6) is 0 Å². The average molecular weight is 190 g/mol. The van der Waals surface area contributed by atoms with E-state index < -0.39 is 6.36 Å². The van der Waals surface area contributed by atoms with Crippen molar-refractivity contribution in [1.82, 2.24) is 0 Å². The molecule has 0 aromatic carbocycles. The predicted molar refractivity (Wildman–Crippen MR) is 42.7 cm³/mol. The summed E-state index contributed by atoms with van der Waals surface area (Å²) in [7, 11) is 0. The maximum Gasteiger partial charge on any atom is 0.572 e. The lowest BCUT2D eigenvalue weighted by atomic mass is 10.2. The first-order valence-electron chi connectivity index (χ1n) is 3.78. The van der Waals surface area contributed by atoms with Gasteiger partial charge in [0.2, 0.25) is 0 Å². The largest absolute Gasteiger partial charge is 0.572 e. The van der Waals surface area contributed by atoms with Crippen molar-refractivity contribution in [3.8, 4) is 0 Å². The van der Waals surface area contributed by atoms with E-state index in [2.05, 4.69) is 4.74 Å². The van der Waals surface area contributed by atoms with Crippen LogP contribution in [-0.2, 0) is 4.74 Å². The van der Waals surface area contributed by atoms with Gasteiger partial charge in [0.25, 0.3) is 0 Å². The van der Waals surface area contributed by atoms with E-state index in [0.29, 0.717) is 5.57 Å². The molecule has 0 spiro atoms. The summed E-state index contributed by atoms with van der Waals surface area (Å²) in [6.45, 7) is 1.59. The molecule has 0 N–H and O–H groups in total. The molecule has 0 saturated carbocycles. The minimum atomic E-state index is -4.59. The summed E-state index contributed by atoms with van der Waals surface area (Å²) >= 11 is 0. The van der Waals surface area contributed by atoms with Crippen LogP contribution in [-0.4, -0.2) is 6.36 Å². The smallest absolute Gasteiger partial charge is 0.410 e. The van der Waals surface area contributed by atoms with E-state index in [1.54, 1.807) is 31.2 Å².